The predicted molar refractivity (Wildman–Crippen MR) is 82.0 cm³/mol. The van der Waals surface area contributed by atoms with Crippen LogP contribution in [0.2, 0.25) is 5.15 Å². The number of benzene rings is 1. The second-order valence-corrected chi connectivity index (χ2v) is 5.91. The number of nitrogens with zero attached hydrogens (tertiary/aromatic N) is 2. The lowest BCUT2D eigenvalue weighted by molar-refractivity contribution is 1.19. The van der Waals surface area contributed by atoms with Crippen molar-refractivity contribution in [1.29, 1.82) is 0 Å². The molecule has 0 N–H and O–H groups in total. The Labute approximate surface area is 121 Å². The van der Waals surface area contributed by atoms with E-state index in [1.807, 2.05) is 18.2 Å². The maximum Gasteiger partial charge on any atom is 0.162 e. The first-order valence-electron chi connectivity index (χ1n) is 6.21. The van der Waals surface area contributed by atoms with Crippen molar-refractivity contribution in [3.63, 3.8) is 0 Å². The molecule has 3 aromatic rings. The summed E-state index contributed by atoms with van der Waals surface area (Å²) in [5.74, 6) is 0.708. The molecule has 0 fully saturated rings. The summed E-state index contributed by atoms with van der Waals surface area (Å²) in [6.45, 7) is 4.19. The number of hydrogen-bond donors (Lipinski definition) is 0. The maximum atomic E-state index is 6.29. The first kappa shape index (κ1) is 12.6. The SMILES string of the molecule is CCc1cc2c(Cl)nc(-c3ccccc3C)nc2s1. The van der Waals surface area contributed by atoms with Gasteiger partial charge in [0.05, 0.1) is 0 Å². The molecule has 2 aromatic heterocycles. The van der Waals surface area contributed by atoms with Crippen LogP contribution < -0.4 is 0 Å². The average molecular weight is 289 g/mol. The number of rotatable bonds is 2. The summed E-state index contributed by atoms with van der Waals surface area (Å²) in [4.78, 5) is 11.4. The van der Waals surface area contributed by atoms with E-state index in [2.05, 4.69) is 35.9 Å². The van der Waals surface area contributed by atoms with Gasteiger partial charge in [-0.2, -0.15) is 0 Å². The minimum atomic E-state index is 0.541. The third-order valence-electron chi connectivity index (χ3n) is 3.13. The van der Waals surface area contributed by atoms with Crippen molar-refractivity contribution in [3.8, 4) is 11.4 Å². The van der Waals surface area contributed by atoms with E-state index in [-0.39, 0.29) is 0 Å². The van der Waals surface area contributed by atoms with Gasteiger partial charge in [-0.25, -0.2) is 9.97 Å². The van der Waals surface area contributed by atoms with Gasteiger partial charge in [0.1, 0.15) is 9.98 Å². The monoisotopic (exact) mass is 288 g/mol. The van der Waals surface area contributed by atoms with E-state index in [4.69, 9.17) is 11.6 Å². The normalized spacial score (nSPS) is 11.1. The van der Waals surface area contributed by atoms with Gasteiger partial charge in [0.25, 0.3) is 0 Å². The first-order valence-corrected chi connectivity index (χ1v) is 7.40. The molecule has 0 saturated carbocycles. The van der Waals surface area contributed by atoms with Gasteiger partial charge in [-0.05, 0) is 25.0 Å². The highest BCUT2D eigenvalue weighted by Crippen LogP contribution is 2.31. The number of halogens is 1. The minimum Gasteiger partial charge on any atom is -0.217 e. The molecular weight excluding hydrogens is 276 g/mol. The summed E-state index contributed by atoms with van der Waals surface area (Å²) in [5, 5.41) is 1.50. The van der Waals surface area contributed by atoms with Crippen molar-refractivity contribution in [2.45, 2.75) is 20.3 Å². The Bertz CT molecular complexity index is 749. The van der Waals surface area contributed by atoms with Crippen molar-refractivity contribution in [2.75, 3.05) is 0 Å². The number of aryl methyl sites for hydroxylation is 2. The summed E-state index contributed by atoms with van der Waals surface area (Å²) in [7, 11) is 0. The lowest BCUT2D eigenvalue weighted by Gasteiger charge is -2.04. The van der Waals surface area contributed by atoms with Crippen LogP contribution in [0.15, 0.2) is 30.3 Å². The van der Waals surface area contributed by atoms with Crippen molar-refractivity contribution in [2.24, 2.45) is 0 Å². The van der Waals surface area contributed by atoms with Gasteiger partial charge in [0, 0.05) is 15.8 Å². The van der Waals surface area contributed by atoms with Crippen LogP contribution >= 0.6 is 22.9 Å². The molecule has 0 bridgehead atoms. The molecule has 3 rings (SSSR count). The Kier molecular flexibility index (Phi) is 3.25. The van der Waals surface area contributed by atoms with E-state index in [1.54, 1.807) is 11.3 Å². The van der Waals surface area contributed by atoms with E-state index in [1.165, 1.54) is 4.88 Å². The second-order valence-electron chi connectivity index (χ2n) is 4.44. The first-order chi connectivity index (χ1) is 9.19. The van der Waals surface area contributed by atoms with E-state index in [9.17, 15) is 0 Å². The van der Waals surface area contributed by atoms with Crippen LogP contribution in [0.3, 0.4) is 0 Å². The molecule has 0 saturated heterocycles. The molecule has 0 radical (unpaired) electrons. The smallest absolute Gasteiger partial charge is 0.162 e. The average Bonchev–Trinajstić information content (AvgIpc) is 2.83. The third-order valence-corrected chi connectivity index (χ3v) is 4.59. The van der Waals surface area contributed by atoms with E-state index < -0.39 is 0 Å². The Morgan fingerprint density at radius 2 is 2.00 bits per heavy atom. The molecule has 0 aliphatic carbocycles. The number of fused-ring (bicyclic) bond motifs is 1. The van der Waals surface area contributed by atoms with Crippen molar-refractivity contribution < 1.29 is 0 Å². The summed E-state index contributed by atoms with van der Waals surface area (Å²) in [6, 6.07) is 10.2. The van der Waals surface area contributed by atoms with E-state index in [0.717, 1.165) is 27.8 Å². The zero-order valence-corrected chi connectivity index (χ0v) is 12.3. The molecule has 0 aliphatic rings. The van der Waals surface area contributed by atoms with Gasteiger partial charge in [-0.1, -0.05) is 42.8 Å². The Balaban J connectivity index is 2.23. The Morgan fingerprint density at radius 3 is 2.74 bits per heavy atom. The molecule has 0 spiro atoms. The highest BCUT2D eigenvalue weighted by molar-refractivity contribution is 7.18. The van der Waals surface area contributed by atoms with Crippen LogP contribution in [0.25, 0.3) is 21.6 Å². The summed E-state index contributed by atoms with van der Waals surface area (Å²) >= 11 is 7.98. The lowest BCUT2D eigenvalue weighted by Crippen LogP contribution is -1.91. The number of hydrogen-bond acceptors (Lipinski definition) is 3. The van der Waals surface area contributed by atoms with Crippen LogP contribution in [0.4, 0.5) is 0 Å². The molecule has 0 amide bonds. The van der Waals surface area contributed by atoms with Crippen LogP contribution in [-0.2, 0) is 6.42 Å². The second kappa shape index (κ2) is 4.91. The minimum absolute atomic E-state index is 0.541. The predicted octanol–water partition coefficient (Wildman–Crippen LogP) is 4.88. The van der Waals surface area contributed by atoms with Gasteiger partial charge >= 0.3 is 0 Å². The van der Waals surface area contributed by atoms with E-state index >= 15 is 0 Å². The molecular formula is C15H13ClN2S. The fourth-order valence-corrected chi connectivity index (χ4v) is 3.30. The lowest BCUT2D eigenvalue weighted by atomic mass is 10.1. The summed E-state index contributed by atoms with van der Waals surface area (Å²) < 4.78 is 0. The Hall–Kier alpha value is -1.45. The number of aromatic nitrogens is 2. The molecule has 0 unspecified atom stereocenters. The molecule has 2 nitrogen and oxygen atoms in total. The van der Waals surface area contributed by atoms with Gasteiger partial charge in [-0.3, -0.25) is 0 Å². The summed E-state index contributed by atoms with van der Waals surface area (Å²) in [6.07, 6.45) is 0.997. The van der Waals surface area contributed by atoms with Crippen LogP contribution in [-0.4, -0.2) is 9.97 Å². The molecule has 19 heavy (non-hydrogen) atoms. The fourth-order valence-electron chi connectivity index (χ4n) is 2.06. The largest absolute Gasteiger partial charge is 0.217 e. The molecule has 96 valence electrons. The van der Waals surface area contributed by atoms with Crippen LogP contribution in [0, 0.1) is 6.92 Å². The van der Waals surface area contributed by atoms with Gasteiger partial charge in [0.2, 0.25) is 0 Å². The summed E-state index contributed by atoms with van der Waals surface area (Å²) in [5.41, 5.74) is 2.20. The van der Waals surface area contributed by atoms with Gasteiger partial charge in [-0.15, -0.1) is 11.3 Å². The topological polar surface area (TPSA) is 25.8 Å². The third kappa shape index (κ3) is 2.24. The Morgan fingerprint density at radius 1 is 1.21 bits per heavy atom. The van der Waals surface area contributed by atoms with Crippen LogP contribution in [0.5, 0.6) is 0 Å². The van der Waals surface area contributed by atoms with Crippen molar-refractivity contribution in [3.05, 3.63) is 45.9 Å². The van der Waals surface area contributed by atoms with Gasteiger partial charge < -0.3 is 0 Å². The van der Waals surface area contributed by atoms with Crippen molar-refractivity contribution >= 4 is 33.2 Å². The fraction of sp³-hybridized carbons (Fsp3) is 0.200. The molecule has 1 aromatic carbocycles. The quantitative estimate of drug-likeness (QED) is 0.628. The van der Waals surface area contributed by atoms with Crippen LogP contribution in [0.1, 0.15) is 17.4 Å². The molecule has 4 heteroatoms. The number of thiophene rings is 1. The van der Waals surface area contributed by atoms with Gasteiger partial charge in [0.15, 0.2) is 5.82 Å². The highest BCUT2D eigenvalue weighted by atomic mass is 35.5. The zero-order chi connectivity index (χ0) is 13.4. The molecule has 0 atom stereocenters. The standard InChI is InChI=1S/C15H13ClN2S/c1-3-10-8-12-13(16)17-14(18-15(12)19-10)11-7-5-4-6-9(11)2/h4-8H,3H2,1-2H3. The van der Waals surface area contributed by atoms with Crippen molar-refractivity contribution in [1.82, 2.24) is 9.97 Å². The van der Waals surface area contributed by atoms with E-state index in [0.29, 0.717) is 11.0 Å². The highest BCUT2D eigenvalue weighted by Gasteiger charge is 2.12. The maximum absolute atomic E-state index is 6.29. The zero-order valence-electron chi connectivity index (χ0n) is 10.8. The molecule has 0 aliphatic heterocycles. The molecule has 2 heterocycles.